The molecule has 3 N–H and O–H groups in total. The fraction of sp³-hybridized carbons (Fsp3) is 0.833. The molecular formula is C12H20N2O3S. The number of rotatable bonds is 6. The Morgan fingerprint density at radius 1 is 1.17 bits per heavy atom. The van der Waals surface area contributed by atoms with Crippen LogP contribution in [-0.2, 0) is 4.79 Å². The van der Waals surface area contributed by atoms with E-state index in [-0.39, 0.29) is 17.3 Å². The van der Waals surface area contributed by atoms with Crippen molar-refractivity contribution in [2.24, 2.45) is 5.41 Å². The van der Waals surface area contributed by atoms with Gasteiger partial charge in [0.15, 0.2) is 0 Å². The van der Waals surface area contributed by atoms with Crippen LogP contribution in [-0.4, -0.2) is 41.2 Å². The molecule has 2 amide bonds. The average Bonchev–Trinajstić information content (AvgIpc) is 3.06. The number of carbonyl (C=O) groups is 2. The molecule has 0 aliphatic heterocycles. The van der Waals surface area contributed by atoms with Gasteiger partial charge in [-0.15, -0.1) is 0 Å². The number of thioether (sulfide) groups is 1. The van der Waals surface area contributed by atoms with E-state index in [1.165, 1.54) is 6.42 Å². The Kier molecular flexibility index (Phi) is 3.75. The first kappa shape index (κ1) is 13.5. The van der Waals surface area contributed by atoms with Crippen molar-refractivity contribution in [3.05, 3.63) is 0 Å². The highest BCUT2D eigenvalue weighted by atomic mass is 32.2. The summed E-state index contributed by atoms with van der Waals surface area (Å²) >= 11 is 1.81. The molecule has 0 spiro atoms. The molecule has 0 radical (unpaired) electrons. The smallest absolute Gasteiger partial charge is 0.314 e. The molecule has 0 bridgehead atoms. The van der Waals surface area contributed by atoms with Gasteiger partial charge in [0.25, 0.3) is 0 Å². The van der Waals surface area contributed by atoms with E-state index in [0.29, 0.717) is 19.4 Å². The zero-order valence-corrected chi connectivity index (χ0v) is 11.4. The molecule has 0 aromatic carbocycles. The second-order valence-electron chi connectivity index (χ2n) is 5.36. The summed E-state index contributed by atoms with van der Waals surface area (Å²) < 4.78 is 0.210. The molecule has 0 heterocycles. The van der Waals surface area contributed by atoms with E-state index in [1.54, 1.807) is 11.8 Å². The van der Waals surface area contributed by atoms with Gasteiger partial charge in [0.05, 0.1) is 5.41 Å². The number of carboxylic acids is 1. The van der Waals surface area contributed by atoms with Crippen LogP contribution < -0.4 is 10.6 Å². The lowest BCUT2D eigenvalue weighted by Crippen LogP contribution is -2.49. The number of hydrogen-bond donors (Lipinski definition) is 3. The quantitative estimate of drug-likeness (QED) is 0.683. The summed E-state index contributed by atoms with van der Waals surface area (Å²) in [6.07, 6.45) is 6.92. The number of aliphatic carboxylic acids is 1. The second kappa shape index (κ2) is 4.99. The van der Waals surface area contributed by atoms with Gasteiger partial charge in [-0.25, -0.2) is 4.79 Å². The van der Waals surface area contributed by atoms with E-state index in [4.69, 9.17) is 5.11 Å². The Morgan fingerprint density at radius 3 is 2.17 bits per heavy atom. The van der Waals surface area contributed by atoms with Gasteiger partial charge in [0.2, 0.25) is 0 Å². The van der Waals surface area contributed by atoms with Crippen molar-refractivity contribution in [3.8, 4) is 0 Å². The fourth-order valence-electron chi connectivity index (χ4n) is 2.19. The summed E-state index contributed by atoms with van der Waals surface area (Å²) in [4.78, 5) is 22.6. The second-order valence-corrected chi connectivity index (χ2v) is 6.64. The lowest BCUT2D eigenvalue weighted by atomic mass is 9.84. The molecule has 2 saturated carbocycles. The van der Waals surface area contributed by atoms with Crippen LogP contribution in [0.1, 0.15) is 32.1 Å². The van der Waals surface area contributed by atoms with Crippen molar-refractivity contribution in [2.45, 2.75) is 36.9 Å². The number of carboxylic acid groups (broad SMARTS) is 1. The van der Waals surface area contributed by atoms with Crippen LogP contribution in [0.15, 0.2) is 0 Å². The molecule has 0 saturated heterocycles. The van der Waals surface area contributed by atoms with Crippen molar-refractivity contribution in [2.75, 3.05) is 19.3 Å². The van der Waals surface area contributed by atoms with Crippen LogP contribution in [0.2, 0.25) is 0 Å². The number of hydrogen-bond acceptors (Lipinski definition) is 3. The normalized spacial score (nSPS) is 22.7. The minimum Gasteiger partial charge on any atom is -0.481 e. The highest BCUT2D eigenvalue weighted by Crippen LogP contribution is 2.45. The first-order valence-electron chi connectivity index (χ1n) is 6.32. The van der Waals surface area contributed by atoms with Gasteiger partial charge in [-0.2, -0.15) is 11.8 Å². The van der Waals surface area contributed by atoms with Crippen LogP contribution in [0.4, 0.5) is 4.79 Å². The topological polar surface area (TPSA) is 78.4 Å². The molecule has 0 aromatic rings. The summed E-state index contributed by atoms with van der Waals surface area (Å²) in [5, 5.41) is 14.5. The number of nitrogens with one attached hydrogen (secondary N) is 2. The highest BCUT2D eigenvalue weighted by Gasteiger charge is 2.50. The van der Waals surface area contributed by atoms with Crippen molar-refractivity contribution in [1.29, 1.82) is 0 Å². The first-order valence-corrected chi connectivity index (χ1v) is 7.55. The van der Waals surface area contributed by atoms with Gasteiger partial charge >= 0.3 is 12.0 Å². The van der Waals surface area contributed by atoms with E-state index in [1.807, 2.05) is 0 Å². The number of carbonyl (C=O) groups excluding carboxylic acids is 1. The average molecular weight is 272 g/mol. The largest absolute Gasteiger partial charge is 0.481 e. The molecule has 2 rings (SSSR count). The van der Waals surface area contributed by atoms with Crippen LogP contribution in [0.5, 0.6) is 0 Å². The third-order valence-corrected chi connectivity index (χ3v) is 5.58. The molecule has 0 unspecified atom stereocenters. The highest BCUT2D eigenvalue weighted by molar-refractivity contribution is 8.00. The lowest BCUT2D eigenvalue weighted by Gasteiger charge is -2.40. The van der Waals surface area contributed by atoms with Crippen molar-refractivity contribution >= 4 is 23.8 Å². The summed E-state index contributed by atoms with van der Waals surface area (Å²) in [7, 11) is 0. The number of urea groups is 1. The molecule has 6 heteroatoms. The summed E-state index contributed by atoms with van der Waals surface area (Å²) in [6.45, 7) is 0.903. The van der Waals surface area contributed by atoms with E-state index < -0.39 is 11.4 Å². The minimum atomic E-state index is -0.803. The maximum absolute atomic E-state index is 11.6. The molecular weight excluding hydrogens is 252 g/mol. The van der Waals surface area contributed by atoms with Crippen LogP contribution >= 0.6 is 11.8 Å². The van der Waals surface area contributed by atoms with E-state index in [2.05, 4.69) is 16.9 Å². The molecule has 5 nitrogen and oxygen atoms in total. The maximum Gasteiger partial charge on any atom is 0.314 e. The standard InChI is InChI=1S/C12H20N2O3S/c1-18-12(3-2-4-12)8-14-10(17)13-7-11(5-6-11)9(15)16/h2-8H2,1H3,(H,15,16)(H2,13,14,17). The van der Waals surface area contributed by atoms with Crippen LogP contribution in [0.3, 0.4) is 0 Å². The van der Waals surface area contributed by atoms with Gasteiger partial charge in [-0.05, 0) is 31.9 Å². The fourth-order valence-corrected chi connectivity index (χ4v) is 3.11. The zero-order chi connectivity index (χ0) is 13.2. The van der Waals surface area contributed by atoms with Gasteiger partial charge in [-0.3, -0.25) is 4.79 Å². The molecule has 102 valence electrons. The summed E-state index contributed by atoms with van der Waals surface area (Å²) in [6, 6.07) is -0.247. The molecule has 2 aliphatic carbocycles. The molecule has 2 aliphatic rings. The van der Waals surface area contributed by atoms with E-state index in [9.17, 15) is 9.59 Å². The minimum absolute atomic E-state index is 0.210. The van der Waals surface area contributed by atoms with Gasteiger partial charge in [-0.1, -0.05) is 6.42 Å². The third kappa shape index (κ3) is 2.74. The van der Waals surface area contributed by atoms with E-state index >= 15 is 0 Å². The van der Waals surface area contributed by atoms with Gasteiger partial charge in [0, 0.05) is 17.8 Å². The lowest BCUT2D eigenvalue weighted by molar-refractivity contribution is -0.143. The molecule has 0 atom stereocenters. The van der Waals surface area contributed by atoms with E-state index in [0.717, 1.165) is 12.8 Å². The Hall–Kier alpha value is -0.910. The number of amides is 2. The van der Waals surface area contributed by atoms with Gasteiger partial charge < -0.3 is 15.7 Å². The van der Waals surface area contributed by atoms with Crippen molar-refractivity contribution in [1.82, 2.24) is 10.6 Å². The molecule has 18 heavy (non-hydrogen) atoms. The predicted molar refractivity (Wildman–Crippen MR) is 70.8 cm³/mol. The first-order chi connectivity index (χ1) is 8.52. The molecule has 0 aromatic heterocycles. The SMILES string of the molecule is CSC1(CNC(=O)NCC2(C(=O)O)CC2)CCC1. The monoisotopic (exact) mass is 272 g/mol. The van der Waals surface area contributed by atoms with Gasteiger partial charge in [0.1, 0.15) is 0 Å². The Labute approximate surface area is 111 Å². The predicted octanol–water partition coefficient (Wildman–Crippen LogP) is 1.44. The zero-order valence-electron chi connectivity index (χ0n) is 10.6. The van der Waals surface area contributed by atoms with Crippen LogP contribution in [0.25, 0.3) is 0 Å². The Balaban J connectivity index is 1.68. The Morgan fingerprint density at radius 2 is 1.78 bits per heavy atom. The van der Waals surface area contributed by atoms with Crippen molar-refractivity contribution < 1.29 is 14.7 Å². The van der Waals surface area contributed by atoms with Crippen LogP contribution in [0, 0.1) is 5.41 Å². The summed E-state index contributed by atoms with van der Waals surface area (Å²) in [5.41, 5.74) is -0.689. The third-order valence-electron chi connectivity index (χ3n) is 4.16. The maximum atomic E-state index is 11.6. The van der Waals surface area contributed by atoms with Crippen molar-refractivity contribution in [3.63, 3.8) is 0 Å². The molecule has 2 fully saturated rings. The summed E-state index contributed by atoms with van der Waals surface area (Å²) in [5.74, 6) is -0.803. The Bertz CT molecular complexity index is 346.